The molecule has 2 rings (SSSR count). The number of nitrogens with two attached hydrogens (primary N) is 1. The predicted molar refractivity (Wildman–Crippen MR) is 72.1 cm³/mol. The maximum Gasteiger partial charge on any atom is 0.316 e. The molecule has 0 fully saturated rings. The fourth-order valence-electron chi connectivity index (χ4n) is 1.75. The summed E-state index contributed by atoms with van der Waals surface area (Å²) in [6, 6.07) is 4.81. The van der Waals surface area contributed by atoms with Crippen LogP contribution in [0.15, 0.2) is 22.7 Å². The molecule has 0 saturated carbocycles. The largest absolute Gasteiger partial charge is 0.379 e. The number of nitrogen functional groups attached to an aromatic ring is 1. The molecule has 106 valence electrons. The Labute approximate surface area is 114 Å². The van der Waals surface area contributed by atoms with E-state index >= 15 is 0 Å². The first kappa shape index (κ1) is 13.7. The molecule has 9 heteroatoms. The number of nitro benzene ring substituents is 1. The smallest absolute Gasteiger partial charge is 0.316 e. The van der Waals surface area contributed by atoms with Crippen LogP contribution in [0.4, 0.5) is 17.1 Å². The van der Waals surface area contributed by atoms with Crippen LogP contribution in [-0.4, -0.2) is 21.6 Å². The molecular formula is C11H14N6O3. The summed E-state index contributed by atoms with van der Waals surface area (Å²) >= 11 is 0. The van der Waals surface area contributed by atoms with Gasteiger partial charge in [-0.1, -0.05) is 11.2 Å². The van der Waals surface area contributed by atoms with Gasteiger partial charge in [-0.3, -0.25) is 16.0 Å². The number of hydrogen-bond donors (Lipinski definition) is 3. The average Bonchev–Trinajstić information content (AvgIpc) is 2.83. The minimum absolute atomic E-state index is 0.100. The molecule has 0 aliphatic rings. The lowest BCUT2D eigenvalue weighted by Gasteiger charge is -2.08. The number of para-hydroxylation sites is 1. The first-order valence-electron chi connectivity index (χ1n) is 5.89. The summed E-state index contributed by atoms with van der Waals surface area (Å²) < 4.78 is 4.96. The SMILES string of the molecule is Cc1noc(CCNc2cccc(NN)c2[N+](=O)[O-])n1. The fourth-order valence-corrected chi connectivity index (χ4v) is 1.75. The molecule has 0 aliphatic carbocycles. The van der Waals surface area contributed by atoms with Gasteiger partial charge in [0.25, 0.3) is 0 Å². The normalized spacial score (nSPS) is 10.3. The second-order valence-electron chi connectivity index (χ2n) is 4.02. The summed E-state index contributed by atoms with van der Waals surface area (Å²) in [5.41, 5.74) is 2.83. The monoisotopic (exact) mass is 278 g/mol. The lowest BCUT2D eigenvalue weighted by molar-refractivity contribution is -0.383. The van der Waals surface area contributed by atoms with Crippen LogP contribution in [0.2, 0.25) is 0 Å². The van der Waals surface area contributed by atoms with Crippen molar-refractivity contribution in [3.8, 4) is 0 Å². The molecule has 2 aromatic rings. The number of rotatable bonds is 6. The van der Waals surface area contributed by atoms with Gasteiger partial charge in [0.15, 0.2) is 5.82 Å². The molecule has 0 unspecified atom stereocenters. The molecular weight excluding hydrogens is 264 g/mol. The van der Waals surface area contributed by atoms with Gasteiger partial charge >= 0.3 is 5.69 Å². The first-order chi connectivity index (χ1) is 9.61. The molecule has 0 radical (unpaired) electrons. The van der Waals surface area contributed by atoms with E-state index in [-0.39, 0.29) is 11.4 Å². The van der Waals surface area contributed by atoms with Gasteiger partial charge in [0.2, 0.25) is 5.89 Å². The van der Waals surface area contributed by atoms with Gasteiger partial charge < -0.3 is 15.3 Å². The van der Waals surface area contributed by atoms with E-state index in [2.05, 4.69) is 20.9 Å². The van der Waals surface area contributed by atoms with Crippen LogP contribution in [0.1, 0.15) is 11.7 Å². The summed E-state index contributed by atoms with van der Waals surface area (Å²) in [7, 11) is 0. The van der Waals surface area contributed by atoms with Crippen molar-refractivity contribution in [1.29, 1.82) is 0 Å². The summed E-state index contributed by atoms with van der Waals surface area (Å²) in [5, 5.41) is 17.7. The number of nitro groups is 1. The third-order valence-electron chi connectivity index (χ3n) is 2.60. The van der Waals surface area contributed by atoms with E-state index in [0.717, 1.165) is 0 Å². The lowest BCUT2D eigenvalue weighted by atomic mass is 10.2. The van der Waals surface area contributed by atoms with Crippen LogP contribution in [-0.2, 0) is 6.42 Å². The number of nitrogens with one attached hydrogen (secondary N) is 2. The summed E-state index contributed by atoms with van der Waals surface area (Å²) in [6.07, 6.45) is 0.471. The summed E-state index contributed by atoms with van der Waals surface area (Å²) in [5.74, 6) is 6.30. The zero-order valence-corrected chi connectivity index (χ0v) is 10.8. The molecule has 4 N–H and O–H groups in total. The molecule has 9 nitrogen and oxygen atoms in total. The van der Waals surface area contributed by atoms with Gasteiger partial charge in [0.1, 0.15) is 11.4 Å². The van der Waals surface area contributed by atoms with E-state index in [1.54, 1.807) is 19.1 Å². The summed E-state index contributed by atoms with van der Waals surface area (Å²) in [6.45, 7) is 2.15. The van der Waals surface area contributed by atoms with Crippen LogP contribution in [0, 0.1) is 17.0 Å². The molecule has 0 saturated heterocycles. The predicted octanol–water partition coefficient (Wildman–Crippen LogP) is 1.23. The number of nitrogens with zero attached hydrogens (tertiary/aromatic N) is 3. The van der Waals surface area contributed by atoms with E-state index in [1.807, 2.05) is 0 Å². The van der Waals surface area contributed by atoms with E-state index in [4.69, 9.17) is 10.4 Å². The van der Waals surface area contributed by atoms with Crippen LogP contribution >= 0.6 is 0 Å². The van der Waals surface area contributed by atoms with Crippen LogP contribution < -0.4 is 16.6 Å². The number of anilines is 2. The molecule has 20 heavy (non-hydrogen) atoms. The van der Waals surface area contributed by atoms with E-state index in [9.17, 15) is 10.1 Å². The first-order valence-corrected chi connectivity index (χ1v) is 5.89. The maximum atomic E-state index is 11.1. The van der Waals surface area contributed by atoms with Crippen molar-refractivity contribution in [3.05, 3.63) is 40.0 Å². The fraction of sp³-hybridized carbons (Fsp3) is 0.273. The zero-order valence-electron chi connectivity index (χ0n) is 10.8. The zero-order chi connectivity index (χ0) is 14.5. The Morgan fingerprint density at radius 2 is 2.20 bits per heavy atom. The molecule has 1 heterocycles. The molecule has 0 amide bonds. The maximum absolute atomic E-state index is 11.1. The van der Waals surface area contributed by atoms with Crippen molar-refractivity contribution in [2.24, 2.45) is 5.84 Å². The van der Waals surface area contributed by atoms with E-state index in [1.165, 1.54) is 6.07 Å². The molecule has 0 bridgehead atoms. The van der Waals surface area contributed by atoms with Gasteiger partial charge in [-0.05, 0) is 19.1 Å². The molecule has 1 aromatic heterocycles. The highest BCUT2D eigenvalue weighted by atomic mass is 16.6. The van der Waals surface area contributed by atoms with Crippen molar-refractivity contribution in [2.45, 2.75) is 13.3 Å². The highest BCUT2D eigenvalue weighted by molar-refractivity contribution is 5.75. The number of aryl methyl sites for hydroxylation is 1. The van der Waals surface area contributed by atoms with Gasteiger partial charge in [0.05, 0.1) is 4.92 Å². The molecule has 0 spiro atoms. The third kappa shape index (κ3) is 3.01. The van der Waals surface area contributed by atoms with Crippen molar-refractivity contribution in [1.82, 2.24) is 10.1 Å². The topological polar surface area (TPSA) is 132 Å². The number of aromatic nitrogens is 2. The third-order valence-corrected chi connectivity index (χ3v) is 2.60. The Kier molecular flexibility index (Phi) is 4.11. The Morgan fingerprint density at radius 3 is 2.80 bits per heavy atom. The Bertz CT molecular complexity index is 612. The van der Waals surface area contributed by atoms with Gasteiger partial charge in [-0.2, -0.15) is 4.98 Å². The number of hydrogen-bond acceptors (Lipinski definition) is 8. The molecule has 1 aromatic carbocycles. The minimum Gasteiger partial charge on any atom is -0.379 e. The van der Waals surface area contributed by atoms with Crippen LogP contribution in [0.3, 0.4) is 0 Å². The second-order valence-corrected chi connectivity index (χ2v) is 4.02. The van der Waals surface area contributed by atoms with Gasteiger partial charge in [0, 0.05) is 13.0 Å². The van der Waals surface area contributed by atoms with Crippen molar-refractivity contribution < 1.29 is 9.45 Å². The van der Waals surface area contributed by atoms with E-state index < -0.39 is 4.92 Å². The van der Waals surface area contributed by atoms with Crippen LogP contribution in [0.5, 0.6) is 0 Å². The summed E-state index contributed by atoms with van der Waals surface area (Å²) in [4.78, 5) is 14.6. The van der Waals surface area contributed by atoms with Gasteiger partial charge in [-0.15, -0.1) is 0 Å². The van der Waals surface area contributed by atoms with Crippen molar-refractivity contribution in [2.75, 3.05) is 17.3 Å². The second kappa shape index (κ2) is 5.97. The molecule has 0 atom stereocenters. The Hall–Kier alpha value is -2.68. The Balaban J connectivity index is 2.07. The van der Waals surface area contributed by atoms with Crippen molar-refractivity contribution in [3.63, 3.8) is 0 Å². The standard InChI is InChI=1S/C11H14N6O3/c1-7-14-10(20-16-7)5-6-13-8-3-2-4-9(15-12)11(8)17(18)19/h2-4,13,15H,5-6,12H2,1H3. The van der Waals surface area contributed by atoms with E-state index in [0.29, 0.717) is 30.4 Å². The molecule has 0 aliphatic heterocycles. The Morgan fingerprint density at radius 1 is 1.45 bits per heavy atom. The average molecular weight is 278 g/mol. The van der Waals surface area contributed by atoms with Crippen molar-refractivity contribution >= 4 is 17.1 Å². The number of hydrazine groups is 1. The van der Waals surface area contributed by atoms with Gasteiger partial charge in [-0.25, -0.2) is 0 Å². The minimum atomic E-state index is -0.492. The van der Waals surface area contributed by atoms with Crippen LogP contribution in [0.25, 0.3) is 0 Å². The number of benzene rings is 1. The lowest BCUT2D eigenvalue weighted by Crippen LogP contribution is -2.12. The highest BCUT2D eigenvalue weighted by Crippen LogP contribution is 2.31. The quantitative estimate of drug-likeness (QED) is 0.408. The highest BCUT2D eigenvalue weighted by Gasteiger charge is 2.18.